The molecule has 0 saturated heterocycles. The van der Waals surface area contributed by atoms with Crippen LogP contribution in [0.5, 0.6) is 0 Å². The molecule has 0 aliphatic heterocycles. The highest BCUT2D eigenvalue weighted by atomic mass is 35.5. The van der Waals surface area contributed by atoms with Gasteiger partial charge in [-0.05, 0) is 51.4 Å². The molecule has 1 unspecified atom stereocenters. The van der Waals surface area contributed by atoms with Crippen molar-refractivity contribution in [1.29, 1.82) is 0 Å². The van der Waals surface area contributed by atoms with Crippen molar-refractivity contribution >= 4 is 29.8 Å². The summed E-state index contributed by atoms with van der Waals surface area (Å²) in [6, 6.07) is 8.67. The normalized spacial score (nSPS) is 12.6. The lowest BCUT2D eigenvalue weighted by atomic mass is 10.2. The van der Waals surface area contributed by atoms with Crippen LogP contribution >= 0.6 is 11.6 Å². The Morgan fingerprint density at radius 3 is 2.58 bits per heavy atom. The Balaban J connectivity index is 1.73. The predicted molar refractivity (Wildman–Crippen MR) is 117 cm³/mol. The number of imidazole rings is 1. The summed E-state index contributed by atoms with van der Waals surface area (Å²) in [5.41, 5.74) is 1.68. The second-order valence-corrected chi connectivity index (χ2v) is 7.63. The molecule has 3 aromatic rings. The number of amides is 1. The number of nitrogens with zero attached hydrogens (tertiary/aromatic N) is 6. The van der Waals surface area contributed by atoms with E-state index in [0.29, 0.717) is 11.4 Å². The zero-order valence-corrected chi connectivity index (χ0v) is 18.1. The van der Waals surface area contributed by atoms with Gasteiger partial charge in [-0.15, -0.1) is 0 Å². The van der Waals surface area contributed by atoms with Crippen LogP contribution in [0, 0.1) is 0 Å². The standard InChI is InChI=1S/C20H24ClN7O3/c1-14(17-10-27(12-23-17)16-6-4-15(21)5-7-16)24-19-22-9-8-18(25-19)28(13-29)11-20(30,31)26(2)3/h4-10,12-14,30-31H,11H2,1-3H3,(H,22,24,25). The first-order chi connectivity index (χ1) is 14.7. The number of halogens is 1. The molecule has 0 spiro atoms. The van der Waals surface area contributed by atoms with E-state index in [1.165, 1.54) is 31.3 Å². The Labute approximate surface area is 184 Å². The van der Waals surface area contributed by atoms with E-state index in [9.17, 15) is 15.0 Å². The third kappa shape index (κ3) is 5.56. The Bertz CT molecular complexity index is 1020. The Hall–Kier alpha value is -3.05. The van der Waals surface area contributed by atoms with Crippen LogP contribution in [0.2, 0.25) is 5.02 Å². The van der Waals surface area contributed by atoms with Crippen LogP contribution in [0.3, 0.4) is 0 Å². The van der Waals surface area contributed by atoms with Gasteiger partial charge in [-0.3, -0.25) is 14.6 Å². The lowest BCUT2D eigenvalue weighted by molar-refractivity contribution is -0.240. The summed E-state index contributed by atoms with van der Waals surface area (Å²) in [6.07, 6.45) is 5.54. The first-order valence-electron chi connectivity index (χ1n) is 9.43. The molecule has 0 bridgehead atoms. The summed E-state index contributed by atoms with van der Waals surface area (Å²) < 4.78 is 1.87. The molecule has 10 nitrogen and oxygen atoms in total. The molecule has 11 heteroatoms. The predicted octanol–water partition coefficient (Wildman–Crippen LogP) is 1.65. The fourth-order valence-corrected chi connectivity index (χ4v) is 2.83. The summed E-state index contributed by atoms with van der Waals surface area (Å²) >= 11 is 5.94. The van der Waals surface area contributed by atoms with Crippen molar-refractivity contribution in [2.75, 3.05) is 30.9 Å². The summed E-state index contributed by atoms with van der Waals surface area (Å²) in [5.74, 6) is -1.72. The van der Waals surface area contributed by atoms with Crippen molar-refractivity contribution in [2.24, 2.45) is 0 Å². The molecular formula is C20H24ClN7O3. The zero-order valence-electron chi connectivity index (χ0n) is 17.3. The molecule has 0 fully saturated rings. The summed E-state index contributed by atoms with van der Waals surface area (Å²) in [7, 11) is 2.97. The molecule has 1 amide bonds. The fraction of sp³-hybridized carbons (Fsp3) is 0.300. The van der Waals surface area contributed by atoms with Crippen molar-refractivity contribution in [3.8, 4) is 5.69 Å². The van der Waals surface area contributed by atoms with E-state index in [0.717, 1.165) is 16.3 Å². The fourth-order valence-electron chi connectivity index (χ4n) is 2.70. The van der Waals surface area contributed by atoms with Gasteiger partial charge in [0.25, 0.3) is 0 Å². The number of anilines is 2. The topological polar surface area (TPSA) is 120 Å². The molecule has 1 aromatic carbocycles. The minimum Gasteiger partial charge on any atom is -0.352 e. The molecule has 0 aliphatic rings. The van der Waals surface area contributed by atoms with E-state index in [1.54, 1.807) is 18.5 Å². The Morgan fingerprint density at radius 1 is 1.23 bits per heavy atom. The van der Waals surface area contributed by atoms with Gasteiger partial charge in [0.1, 0.15) is 5.82 Å². The van der Waals surface area contributed by atoms with Crippen molar-refractivity contribution in [1.82, 2.24) is 24.4 Å². The molecule has 2 aromatic heterocycles. The number of aliphatic hydroxyl groups is 2. The van der Waals surface area contributed by atoms with E-state index in [1.807, 2.05) is 29.8 Å². The first kappa shape index (κ1) is 22.6. The van der Waals surface area contributed by atoms with Gasteiger partial charge in [0.15, 0.2) is 0 Å². The van der Waals surface area contributed by atoms with Gasteiger partial charge in [-0.25, -0.2) is 9.97 Å². The van der Waals surface area contributed by atoms with E-state index >= 15 is 0 Å². The molecule has 1 atom stereocenters. The number of hydrogen-bond acceptors (Lipinski definition) is 8. The SMILES string of the molecule is CC(Nc1nccc(N(C=O)CC(O)(O)N(C)C)n1)c1cn(-c2ccc(Cl)cc2)cn1. The smallest absolute Gasteiger partial charge is 0.243 e. The maximum atomic E-state index is 11.5. The summed E-state index contributed by atoms with van der Waals surface area (Å²) in [5, 5.41) is 23.9. The molecule has 164 valence electrons. The number of carbonyl (C=O) groups excluding carboxylic acids is 1. The molecule has 3 rings (SSSR count). The number of benzene rings is 1. The van der Waals surface area contributed by atoms with E-state index in [4.69, 9.17) is 11.6 Å². The minimum atomic E-state index is -2.21. The van der Waals surface area contributed by atoms with Crippen molar-refractivity contribution < 1.29 is 15.0 Å². The minimum absolute atomic E-state index is 0.223. The largest absolute Gasteiger partial charge is 0.352 e. The van der Waals surface area contributed by atoms with Gasteiger partial charge in [0.2, 0.25) is 18.3 Å². The highest BCUT2D eigenvalue weighted by molar-refractivity contribution is 6.30. The van der Waals surface area contributed by atoms with Gasteiger partial charge in [-0.1, -0.05) is 11.6 Å². The number of likely N-dealkylation sites (N-methyl/N-ethyl adjacent to an activating group) is 1. The van der Waals surface area contributed by atoms with E-state index in [2.05, 4.69) is 20.3 Å². The number of rotatable bonds is 9. The van der Waals surface area contributed by atoms with Crippen molar-refractivity contribution in [2.45, 2.75) is 18.9 Å². The molecular weight excluding hydrogens is 422 g/mol. The molecule has 2 heterocycles. The maximum Gasteiger partial charge on any atom is 0.243 e. The van der Waals surface area contributed by atoms with Crippen LogP contribution in [0.25, 0.3) is 5.69 Å². The summed E-state index contributed by atoms with van der Waals surface area (Å²) in [6.45, 7) is 1.52. The van der Waals surface area contributed by atoms with Crippen LogP contribution in [0.1, 0.15) is 18.7 Å². The Kier molecular flexibility index (Phi) is 6.86. The maximum absolute atomic E-state index is 11.5. The second kappa shape index (κ2) is 9.40. The van der Waals surface area contributed by atoms with Crippen LogP contribution in [-0.2, 0) is 4.79 Å². The third-order valence-corrected chi connectivity index (χ3v) is 4.93. The molecule has 3 N–H and O–H groups in total. The van der Waals surface area contributed by atoms with Gasteiger partial charge in [-0.2, -0.15) is 4.98 Å². The number of hydrogen-bond donors (Lipinski definition) is 3. The number of aromatic nitrogens is 4. The number of nitrogens with one attached hydrogen (secondary N) is 1. The van der Waals surface area contributed by atoms with Crippen molar-refractivity contribution in [3.05, 3.63) is 59.8 Å². The average Bonchev–Trinajstić information content (AvgIpc) is 3.23. The summed E-state index contributed by atoms with van der Waals surface area (Å²) in [4.78, 5) is 26.7. The molecule has 0 radical (unpaired) electrons. The highest BCUT2D eigenvalue weighted by Crippen LogP contribution is 2.20. The quantitative estimate of drug-likeness (QED) is 0.336. The Morgan fingerprint density at radius 2 is 1.94 bits per heavy atom. The van der Waals surface area contributed by atoms with Gasteiger partial charge < -0.3 is 20.1 Å². The van der Waals surface area contributed by atoms with E-state index < -0.39 is 5.91 Å². The van der Waals surface area contributed by atoms with Crippen LogP contribution in [0.4, 0.5) is 11.8 Å². The lowest BCUT2D eigenvalue weighted by Crippen LogP contribution is -2.52. The van der Waals surface area contributed by atoms with Crippen LogP contribution in [-0.4, -0.2) is 67.6 Å². The second-order valence-electron chi connectivity index (χ2n) is 7.19. The van der Waals surface area contributed by atoms with Gasteiger partial charge >= 0.3 is 0 Å². The average molecular weight is 446 g/mol. The monoisotopic (exact) mass is 445 g/mol. The molecule has 0 saturated carbocycles. The zero-order chi connectivity index (χ0) is 22.6. The third-order valence-electron chi connectivity index (χ3n) is 4.68. The van der Waals surface area contributed by atoms with Gasteiger partial charge in [0.05, 0.1) is 24.6 Å². The van der Waals surface area contributed by atoms with Crippen LogP contribution < -0.4 is 10.2 Å². The van der Waals surface area contributed by atoms with Crippen molar-refractivity contribution in [3.63, 3.8) is 0 Å². The van der Waals surface area contributed by atoms with Gasteiger partial charge in [0, 0.05) is 23.1 Å². The highest BCUT2D eigenvalue weighted by Gasteiger charge is 2.30. The number of carbonyl (C=O) groups is 1. The van der Waals surface area contributed by atoms with Crippen LogP contribution in [0.15, 0.2) is 49.1 Å². The first-order valence-corrected chi connectivity index (χ1v) is 9.81. The van der Waals surface area contributed by atoms with E-state index in [-0.39, 0.29) is 24.4 Å². The lowest BCUT2D eigenvalue weighted by Gasteiger charge is -2.32. The molecule has 31 heavy (non-hydrogen) atoms. The molecule has 0 aliphatic carbocycles.